The lowest BCUT2D eigenvalue weighted by molar-refractivity contribution is 0.0936. The van der Waals surface area contributed by atoms with E-state index in [0.717, 1.165) is 5.56 Å². The molecule has 1 amide bonds. The highest BCUT2D eigenvalue weighted by atomic mass is 32.2. The topological polar surface area (TPSA) is 98.0 Å². The first-order valence-corrected chi connectivity index (χ1v) is 8.03. The van der Waals surface area contributed by atoms with Gasteiger partial charge in [0.05, 0.1) is 6.04 Å². The predicted octanol–water partition coefficient (Wildman–Crippen LogP) is 0.908. The fraction of sp³-hybridized carbons (Fsp3) is 0.214. The molecule has 1 aromatic carbocycles. The molecule has 0 saturated carbocycles. The van der Waals surface area contributed by atoms with Crippen molar-refractivity contribution < 1.29 is 9.00 Å². The first kappa shape index (κ1) is 15.1. The van der Waals surface area contributed by atoms with Gasteiger partial charge in [0, 0.05) is 35.2 Å². The Bertz CT molecular complexity index is 648. The van der Waals surface area contributed by atoms with E-state index in [-0.39, 0.29) is 17.6 Å². The molecule has 110 valence electrons. The summed E-state index contributed by atoms with van der Waals surface area (Å²) < 4.78 is 11.5. The van der Waals surface area contributed by atoms with Gasteiger partial charge >= 0.3 is 0 Å². The van der Waals surface area contributed by atoms with Crippen molar-refractivity contribution in [3.05, 3.63) is 54.0 Å². The number of hydrogen-bond acceptors (Lipinski definition) is 5. The molecule has 2 atom stereocenters. The van der Waals surface area contributed by atoms with E-state index in [0.29, 0.717) is 5.75 Å². The van der Waals surface area contributed by atoms with Crippen LogP contribution in [0.3, 0.4) is 0 Å². The molecule has 1 aromatic heterocycles. The number of hydrogen-bond donors (Lipinski definition) is 2. The minimum absolute atomic E-state index is 0.0689. The fourth-order valence-corrected chi connectivity index (χ4v) is 2.64. The summed E-state index contributed by atoms with van der Waals surface area (Å²) in [5.41, 5.74) is 6.59. The molecule has 2 aromatic rings. The van der Waals surface area contributed by atoms with Crippen LogP contribution in [0.2, 0.25) is 0 Å². The second kappa shape index (κ2) is 6.94. The summed E-state index contributed by atoms with van der Waals surface area (Å²) in [6, 6.07) is 8.99. The molecule has 0 aliphatic rings. The second-order valence-corrected chi connectivity index (χ2v) is 5.95. The van der Waals surface area contributed by atoms with Crippen molar-refractivity contribution in [2.75, 3.05) is 17.7 Å². The van der Waals surface area contributed by atoms with Gasteiger partial charge in [-0.3, -0.25) is 9.00 Å². The third-order valence-corrected chi connectivity index (χ3v) is 3.65. The first-order valence-electron chi connectivity index (χ1n) is 6.30. The highest BCUT2D eigenvalue weighted by Crippen LogP contribution is 2.15. The lowest BCUT2D eigenvalue weighted by Gasteiger charge is -2.18. The van der Waals surface area contributed by atoms with Crippen molar-refractivity contribution in [1.82, 2.24) is 15.3 Å². The largest absolute Gasteiger partial charge is 0.382 e. The first-order chi connectivity index (χ1) is 10.1. The van der Waals surface area contributed by atoms with E-state index < -0.39 is 16.7 Å². The molecule has 7 heteroatoms. The Labute approximate surface area is 125 Å². The van der Waals surface area contributed by atoms with E-state index in [2.05, 4.69) is 15.3 Å². The molecule has 1 heterocycles. The zero-order valence-corrected chi connectivity index (χ0v) is 12.3. The molecule has 2 rings (SSSR count). The van der Waals surface area contributed by atoms with Crippen molar-refractivity contribution in [1.29, 1.82) is 0 Å². The Morgan fingerprint density at radius 2 is 1.95 bits per heavy atom. The molecule has 0 aliphatic heterocycles. The predicted molar refractivity (Wildman–Crippen MR) is 82.0 cm³/mol. The van der Waals surface area contributed by atoms with E-state index in [4.69, 9.17) is 5.73 Å². The van der Waals surface area contributed by atoms with Crippen molar-refractivity contribution in [3.8, 4) is 0 Å². The van der Waals surface area contributed by atoms with Gasteiger partial charge in [0.25, 0.3) is 5.91 Å². The molecule has 21 heavy (non-hydrogen) atoms. The standard InChI is InChI=1S/C14H16N4O2S/c1-21(20)9-11(10-5-3-2-4-6-10)18-14(19)12-13(15)17-8-7-16-12/h2-8,11H,9H2,1H3,(H2,15,17)(H,18,19)/t11-,21-/m1/s1. The summed E-state index contributed by atoms with van der Waals surface area (Å²) >= 11 is 0. The lowest BCUT2D eigenvalue weighted by atomic mass is 10.1. The van der Waals surface area contributed by atoms with Gasteiger partial charge in [-0.1, -0.05) is 30.3 Å². The van der Waals surface area contributed by atoms with Gasteiger partial charge in [-0.2, -0.15) is 0 Å². The number of carbonyl (C=O) groups is 1. The SMILES string of the molecule is C[S@@](=O)C[C@@H](NC(=O)c1nccnc1N)c1ccccc1. The Morgan fingerprint density at radius 3 is 2.57 bits per heavy atom. The molecule has 0 radical (unpaired) electrons. The number of rotatable bonds is 5. The summed E-state index contributed by atoms with van der Waals surface area (Å²) in [5.74, 6) is -0.0463. The van der Waals surface area contributed by atoms with E-state index >= 15 is 0 Å². The number of nitrogens with two attached hydrogens (primary N) is 1. The van der Waals surface area contributed by atoms with E-state index in [1.54, 1.807) is 6.26 Å². The van der Waals surface area contributed by atoms with Crippen molar-refractivity contribution in [2.45, 2.75) is 6.04 Å². The smallest absolute Gasteiger partial charge is 0.274 e. The second-order valence-electron chi connectivity index (χ2n) is 4.47. The quantitative estimate of drug-likeness (QED) is 0.855. The molecular weight excluding hydrogens is 288 g/mol. The van der Waals surface area contributed by atoms with Crippen LogP contribution in [0.25, 0.3) is 0 Å². The number of benzene rings is 1. The molecular formula is C14H16N4O2S. The number of nitrogens with one attached hydrogen (secondary N) is 1. The number of anilines is 1. The maximum Gasteiger partial charge on any atom is 0.274 e. The normalized spacial score (nSPS) is 13.4. The van der Waals surface area contributed by atoms with Crippen LogP contribution in [-0.2, 0) is 10.8 Å². The van der Waals surface area contributed by atoms with E-state index in [1.807, 2.05) is 30.3 Å². The maximum atomic E-state index is 12.2. The number of aromatic nitrogens is 2. The lowest BCUT2D eigenvalue weighted by Crippen LogP contribution is -2.33. The fourth-order valence-electron chi connectivity index (χ4n) is 1.89. The van der Waals surface area contributed by atoms with Crippen LogP contribution in [0.1, 0.15) is 22.1 Å². The van der Waals surface area contributed by atoms with Crippen LogP contribution in [0, 0.1) is 0 Å². The molecule has 0 fully saturated rings. The van der Waals surface area contributed by atoms with Gasteiger partial charge in [-0.15, -0.1) is 0 Å². The average molecular weight is 304 g/mol. The molecule has 0 bridgehead atoms. The number of carbonyl (C=O) groups excluding carboxylic acids is 1. The maximum absolute atomic E-state index is 12.2. The van der Waals surface area contributed by atoms with E-state index in [1.165, 1.54) is 12.4 Å². The average Bonchev–Trinajstić information content (AvgIpc) is 2.47. The van der Waals surface area contributed by atoms with Gasteiger partial charge in [-0.25, -0.2) is 9.97 Å². The summed E-state index contributed by atoms with van der Waals surface area (Å²) in [4.78, 5) is 20.0. The van der Waals surface area contributed by atoms with E-state index in [9.17, 15) is 9.00 Å². The number of nitrogen functional groups attached to an aromatic ring is 1. The highest BCUT2D eigenvalue weighted by Gasteiger charge is 2.19. The summed E-state index contributed by atoms with van der Waals surface area (Å²) in [6.45, 7) is 0. The Morgan fingerprint density at radius 1 is 1.29 bits per heavy atom. The zero-order chi connectivity index (χ0) is 15.2. The van der Waals surface area contributed by atoms with Crippen LogP contribution in [0.4, 0.5) is 5.82 Å². The molecule has 3 N–H and O–H groups in total. The Hall–Kier alpha value is -2.28. The van der Waals surface area contributed by atoms with Crippen LogP contribution in [-0.4, -0.2) is 32.1 Å². The monoisotopic (exact) mass is 304 g/mol. The molecule has 0 unspecified atom stereocenters. The third-order valence-electron chi connectivity index (χ3n) is 2.85. The number of amides is 1. The van der Waals surface area contributed by atoms with Crippen molar-refractivity contribution >= 4 is 22.5 Å². The summed E-state index contributed by atoms with van der Waals surface area (Å²) in [6.07, 6.45) is 4.42. The highest BCUT2D eigenvalue weighted by molar-refractivity contribution is 7.84. The van der Waals surface area contributed by atoms with Gasteiger partial charge in [0.15, 0.2) is 11.5 Å². The minimum Gasteiger partial charge on any atom is -0.382 e. The van der Waals surface area contributed by atoms with Crippen molar-refractivity contribution in [2.24, 2.45) is 0 Å². The van der Waals surface area contributed by atoms with Gasteiger partial charge in [0.2, 0.25) is 0 Å². The van der Waals surface area contributed by atoms with Crippen LogP contribution in [0.15, 0.2) is 42.7 Å². The Balaban J connectivity index is 2.21. The molecule has 0 spiro atoms. The Kier molecular flexibility index (Phi) is 4.99. The third kappa shape index (κ3) is 4.09. The molecule has 0 saturated heterocycles. The molecule has 6 nitrogen and oxygen atoms in total. The summed E-state index contributed by atoms with van der Waals surface area (Å²) in [5, 5.41) is 2.81. The van der Waals surface area contributed by atoms with Crippen molar-refractivity contribution in [3.63, 3.8) is 0 Å². The number of nitrogens with zero attached hydrogens (tertiary/aromatic N) is 2. The van der Waals surface area contributed by atoms with Gasteiger partial charge < -0.3 is 11.1 Å². The zero-order valence-electron chi connectivity index (χ0n) is 11.5. The molecule has 0 aliphatic carbocycles. The van der Waals surface area contributed by atoms with Crippen LogP contribution in [0.5, 0.6) is 0 Å². The van der Waals surface area contributed by atoms with Gasteiger partial charge in [-0.05, 0) is 5.56 Å². The van der Waals surface area contributed by atoms with Gasteiger partial charge in [0.1, 0.15) is 0 Å². The van der Waals surface area contributed by atoms with Crippen LogP contribution < -0.4 is 11.1 Å². The van der Waals surface area contributed by atoms with Crippen LogP contribution >= 0.6 is 0 Å². The minimum atomic E-state index is -1.06. The summed E-state index contributed by atoms with van der Waals surface area (Å²) in [7, 11) is -1.06.